The Morgan fingerprint density at radius 1 is 1.38 bits per heavy atom. The second kappa shape index (κ2) is 7.81. The zero-order chi connectivity index (χ0) is 16.8. The second-order valence-electron chi connectivity index (χ2n) is 6.06. The quantitative estimate of drug-likeness (QED) is 0.887. The molecule has 2 aromatic rings. The van der Waals surface area contributed by atoms with Crippen molar-refractivity contribution in [2.45, 2.75) is 25.3 Å². The Labute approximate surface area is 142 Å². The third-order valence-corrected chi connectivity index (χ3v) is 4.33. The lowest BCUT2D eigenvalue weighted by atomic mass is 10.1. The van der Waals surface area contributed by atoms with E-state index in [4.69, 9.17) is 4.74 Å². The van der Waals surface area contributed by atoms with Crippen LogP contribution in [0.25, 0.3) is 0 Å². The molecule has 2 heterocycles. The number of methoxy groups -OCH3 is 1. The molecule has 1 aromatic heterocycles. The fourth-order valence-electron chi connectivity index (χ4n) is 3.03. The number of nitrogens with zero attached hydrogens (tertiary/aromatic N) is 2. The highest BCUT2D eigenvalue weighted by Crippen LogP contribution is 2.18. The van der Waals surface area contributed by atoms with Gasteiger partial charge in [0.2, 0.25) is 5.91 Å². The molecule has 1 saturated heterocycles. The van der Waals surface area contributed by atoms with Crippen LogP contribution in [-0.4, -0.2) is 42.0 Å². The first-order valence-electron chi connectivity index (χ1n) is 8.32. The predicted molar refractivity (Wildman–Crippen MR) is 94.2 cm³/mol. The topological polar surface area (TPSA) is 54.5 Å². The molecule has 5 nitrogen and oxygen atoms in total. The Hall–Kier alpha value is -2.56. The SMILES string of the molecule is COc1cccc(CCC(=O)N2CC[C@@H](Nc3cccnc3)C2)c1. The second-order valence-corrected chi connectivity index (χ2v) is 6.06. The molecule has 1 aliphatic heterocycles. The van der Waals surface area contributed by atoms with E-state index in [1.807, 2.05) is 47.5 Å². The van der Waals surface area contributed by atoms with E-state index in [1.54, 1.807) is 13.3 Å². The average Bonchev–Trinajstić information content (AvgIpc) is 3.09. The van der Waals surface area contributed by atoms with Crippen molar-refractivity contribution in [2.75, 3.05) is 25.5 Å². The van der Waals surface area contributed by atoms with Crippen molar-refractivity contribution in [3.8, 4) is 5.75 Å². The maximum atomic E-state index is 12.4. The number of aryl methyl sites for hydroxylation is 1. The highest BCUT2D eigenvalue weighted by molar-refractivity contribution is 5.77. The van der Waals surface area contributed by atoms with Gasteiger partial charge in [-0.05, 0) is 42.7 Å². The lowest BCUT2D eigenvalue weighted by molar-refractivity contribution is -0.130. The van der Waals surface area contributed by atoms with Crippen molar-refractivity contribution in [3.63, 3.8) is 0 Å². The molecule has 1 aromatic carbocycles. The van der Waals surface area contributed by atoms with Crippen LogP contribution in [0.1, 0.15) is 18.4 Å². The minimum atomic E-state index is 0.216. The lowest BCUT2D eigenvalue weighted by Crippen LogP contribution is -2.31. The van der Waals surface area contributed by atoms with Gasteiger partial charge in [0.1, 0.15) is 5.75 Å². The summed E-state index contributed by atoms with van der Waals surface area (Å²) in [5.74, 6) is 1.05. The third kappa shape index (κ3) is 4.25. The van der Waals surface area contributed by atoms with Crippen LogP contribution in [0, 0.1) is 0 Å². The first-order chi connectivity index (χ1) is 11.7. The fraction of sp³-hybridized carbons (Fsp3) is 0.368. The van der Waals surface area contributed by atoms with Gasteiger partial charge in [-0.15, -0.1) is 0 Å². The van der Waals surface area contributed by atoms with Gasteiger partial charge in [0.05, 0.1) is 12.8 Å². The fourth-order valence-corrected chi connectivity index (χ4v) is 3.03. The van der Waals surface area contributed by atoms with E-state index in [9.17, 15) is 4.79 Å². The van der Waals surface area contributed by atoms with Gasteiger partial charge in [-0.1, -0.05) is 12.1 Å². The summed E-state index contributed by atoms with van der Waals surface area (Å²) < 4.78 is 5.22. The van der Waals surface area contributed by atoms with Gasteiger partial charge < -0.3 is 15.0 Å². The molecule has 0 radical (unpaired) electrons. The summed E-state index contributed by atoms with van der Waals surface area (Å²) in [6.45, 7) is 1.57. The molecule has 1 fully saturated rings. The number of anilines is 1. The Balaban J connectivity index is 1.47. The van der Waals surface area contributed by atoms with Gasteiger partial charge in [-0.2, -0.15) is 0 Å². The molecule has 3 rings (SSSR count). The number of rotatable bonds is 6. The Kier molecular flexibility index (Phi) is 5.31. The molecule has 0 spiro atoms. The maximum absolute atomic E-state index is 12.4. The maximum Gasteiger partial charge on any atom is 0.222 e. The van der Waals surface area contributed by atoms with Crippen LogP contribution in [-0.2, 0) is 11.2 Å². The third-order valence-electron chi connectivity index (χ3n) is 4.33. The van der Waals surface area contributed by atoms with E-state index in [-0.39, 0.29) is 5.91 Å². The van der Waals surface area contributed by atoms with Gasteiger partial charge in [-0.25, -0.2) is 0 Å². The van der Waals surface area contributed by atoms with Crippen LogP contribution < -0.4 is 10.1 Å². The lowest BCUT2D eigenvalue weighted by Gasteiger charge is -2.17. The number of likely N-dealkylation sites (tertiary alicyclic amines) is 1. The summed E-state index contributed by atoms with van der Waals surface area (Å²) in [4.78, 5) is 18.5. The summed E-state index contributed by atoms with van der Waals surface area (Å²) in [5.41, 5.74) is 2.14. The normalized spacial score (nSPS) is 16.9. The Morgan fingerprint density at radius 3 is 3.08 bits per heavy atom. The summed E-state index contributed by atoms with van der Waals surface area (Å²) in [6.07, 6.45) is 5.82. The number of amides is 1. The van der Waals surface area contributed by atoms with Crippen molar-refractivity contribution >= 4 is 11.6 Å². The molecule has 0 unspecified atom stereocenters. The van der Waals surface area contributed by atoms with Gasteiger partial charge >= 0.3 is 0 Å². The molecule has 0 saturated carbocycles. The zero-order valence-electron chi connectivity index (χ0n) is 13.9. The van der Waals surface area contributed by atoms with Crippen molar-refractivity contribution < 1.29 is 9.53 Å². The van der Waals surface area contributed by atoms with Crippen molar-refractivity contribution in [1.82, 2.24) is 9.88 Å². The van der Waals surface area contributed by atoms with E-state index in [2.05, 4.69) is 10.3 Å². The molecular formula is C19H23N3O2. The number of hydrogen-bond donors (Lipinski definition) is 1. The smallest absolute Gasteiger partial charge is 0.222 e. The van der Waals surface area contributed by atoms with Crippen LogP contribution >= 0.6 is 0 Å². The summed E-state index contributed by atoms with van der Waals surface area (Å²) >= 11 is 0. The number of nitrogens with one attached hydrogen (secondary N) is 1. The van der Waals surface area contributed by atoms with Crippen molar-refractivity contribution in [3.05, 3.63) is 54.4 Å². The number of aromatic nitrogens is 1. The standard InChI is InChI=1S/C19H23N3O2/c1-24-18-6-2-4-15(12-18)7-8-19(23)22-11-9-17(14-22)21-16-5-3-10-20-13-16/h2-6,10,12-13,17,21H,7-9,11,14H2,1H3/t17-/m1/s1. The highest BCUT2D eigenvalue weighted by atomic mass is 16.5. The summed E-state index contributed by atoms with van der Waals surface area (Å²) in [6, 6.07) is 12.1. The van der Waals surface area contributed by atoms with E-state index in [1.165, 1.54) is 0 Å². The van der Waals surface area contributed by atoms with Gasteiger partial charge in [-0.3, -0.25) is 9.78 Å². The van der Waals surface area contributed by atoms with Crippen LogP contribution in [0.3, 0.4) is 0 Å². The Bertz CT molecular complexity index is 675. The largest absolute Gasteiger partial charge is 0.497 e. The number of carbonyl (C=O) groups is 1. The van der Waals surface area contributed by atoms with Gasteiger partial charge in [0.15, 0.2) is 0 Å². The minimum Gasteiger partial charge on any atom is -0.497 e. The van der Waals surface area contributed by atoms with Crippen molar-refractivity contribution in [2.24, 2.45) is 0 Å². The first kappa shape index (κ1) is 16.3. The van der Waals surface area contributed by atoms with Crippen LogP contribution in [0.2, 0.25) is 0 Å². The van der Waals surface area contributed by atoms with Crippen molar-refractivity contribution in [1.29, 1.82) is 0 Å². The molecule has 126 valence electrons. The molecular weight excluding hydrogens is 302 g/mol. The minimum absolute atomic E-state index is 0.216. The zero-order valence-corrected chi connectivity index (χ0v) is 13.9. The average molecular weight is 325 g/mol. The van der Waals surface area contributed by atoms with Crippen LogP contribution in [0.15, 0.2) is 48.8 Å². The summed E-state index contributed by atoms with van der Waals surface area (Å²) in [5, 5.41) is 3.44. The van der Waals surface area contributed by atoms with Crippen LogP contribution in [0.4, 0.5) is 5.69 Å². The van der Waals surface area contributed by atoms with E-state index >= 15 is 0 Å². The number of ether oxygens (including phenoxy) is 1. The molecule has 0 bridgehead atoms. The van der Waals surface area contributed by atoms with E-state index in [0.717, 1.165) is 42.9 Å². The molecule has 24 heavy (non-hydrogen) atoms. The molecule has 5 heteroatoms. The molecule has 1 aliphatic rings. The van der Waals surface area contributed by atoms with Gasteiger partial charge in [0, 0.05) is 37.9 Å². The number of benzene rings is 1. The molecule has 1 atom stereocenters. The monoisotopic (exact) mass is 325 g/mol. The van der Waals surface area contributed by atoms with E-state index in [0.29, 0.717) is 12.5 Å². The molecule has 0 aliphatic carbocycles. The Morgan fingerprint density at radius 2 is 2.29 bits per heavy atom. The number of pyridine rings is 1. The number of carbonyl (C=O) groups excluding carboxylic acids is 1. The number of hydrogen-bond acceptors (Lipinski definition) is 4. The summed E-state index contributed by atoms with van der Waals surface area (Å²) in [7, 11) is 1.66. The van der Waals surface area contributed by atoms with E-state index < -0.39 is 0 Å². The molecule has 1 amide bonds. The highest BCUT2D eigenvalue weighted by Gasteiger charge is 2.25. The predicted octanol–water partition coefficient (Wildman–Crippen LogP) is 2.74. The van der Waals surface area contributed by atoms with Gasteiger partial charge in [0.25, 0.3) is 0 Å². The van der Waals surface area contributed by atoms with Crippen LogP contribution in [0.5, 0.6) is 5.75 Å². The first-order valence-corrected chi connectivity index (χ1v) is 8.32. The molecule has 1 N–H and O–H groups in total.